The predicted molar refractivity (Wildman–Crippen MR) is 81.7 cm³/mol. The average Bonchev–Trinajstić information content (AvgIpc) is 2.84. The molecule has 0 spiro atoms. The second-order valence-corrected chi connectivity index (χ2v) is 8.80. The van der Waals surface area contributed by atoms with Crippen LogP contribution in [0.5, 0.6) is 0 Å². The van der Waals surface area contributed by atoms with E-state index in [1.54, 1.807) is 0 Å². The fourth-order valence-corrected chi connectivity index (χ4v) is 6.21. The van der Waals surface area contributed by atoms with Crippen LogP contribution in [0.1, 0.15) is 62.4 Å². The van der Waals surface area contributed by atoms with Crippen LogP contribution in [0.4, 0.5) is 0 Å². The minimum absolute atomic E-state index is 0.419. The molecular weight excluding hydrogens is 266 g/mol. The Hall–Kier alpha value is -0.480. The zero-order valence-corrected chi connectivity index (χ0v) is 13.4. The lowest BCUT2D eigenvalue weighted by atomic mass is 9.50. The van der Waals surface area contributed by atoms with Crippen molar-refractivity contribution in [3.05, 3.63) is 10.0 Å². The fourth-order valence-electron chi connectivity index (χ4n) is 5.20. The van der Waals surface area contributed by atoms with Gasteiger partial charge >= 0.3 is 0 Å². The molecular formula is C16H25N3S. The highest BCUT2D eigenvalue weighted by molar-refractivity contribution is 7.11. The Morgan fingerprint density at radius 1 is 1.10 bits per heavy atom. The van der Waals surface area contributed by atoms with Crippen LogP contribution < -0.4 is 5.32 Å². The molecule has 0 amide bonds. The minimum Gasteiger partial charge on any atom is -0.308 e. The van der Waals surface area contributed by atoms with Crippen molar-refractivity contribution in [2.24, 2.45) is 17.8 Å². The van der Waals surface area contributed by atoms with Gasteiger partial charge in [-0.15, -0.1) is 10.2 Å². The molecule has 5 rings (SSSR count). The number of nitrogens with one attached hydrogen (secondary N) is 1. The van der Waals surface area contributed by atoms with E-state index in [0.717, 1.165) is 24.3 Å². The Balaban J connectivity index is 1.55. The lowest BCUT2D eigenvalue weighted by Gasteiger charge is -2.55. The van der Waals surface area contributed by atoms with E-state index in [1.165, 1.54) is 48.5 Å². The zero-order chi connectivity index (χ0) is 13.7. The molecule has 0 atom stereocenters. The second kappa shape index (κ2) is 4.77. The first-order chi connectivity index (χ1) is 9.63. The Bertz CT molecular complexity index is 458. The van der Waals surface area contributed by atoms with Crippen molar-refractivity contribution in [2.45, 2.75) is 70.4 Å². The zero-order valence-electron chi connectivity index (χ0n) is 12.6. The van der Waals surface area contributed by atoms with Crippen LogP contribution in [0.25, 0.3) is 0 Å². The minimum atomic E-state index is 0.419. The first-order valence-corrected chi connectivity index (χ1v) is 9.01. The maximum Gasteiger partial charge on any atom is 0.131 e. The van der Waals surface area contributed by atoms with Crippen LogP contribution in [-0.2, 0) is 12.0 Å². The smallest absolute Gasteiger partial charge is 0.131 e. The van der Waals surface area contributed by atoms with Crippen LogP contribution >= 0.6 is 11.3 Å². The van der Waals surface area contributed by atoms with Gasteiger partial charge in [0.25, 0.3) is 0 Å². The molecule has 1 N–H and O–H groups in total. The van der Waals surface area contributed by atoms with Crippen LogP contribution in [-0.4, -0.2) is 16.2 Å². The molecule has 0 aliphatic heterocycles. The molecule has 1 aromatic heterocycles. The quantitative estimate of drug-likeness (QED) is 0.922. The third-order valence-electron chi connectivity index (χ3n) is 5.62. The maximum atomic E-state index is 4.61. The molecule has 20 heavy (non-hydrogen) atoms. The van der Waals surface area contributed by atoms with Crippen molar-refractivity contribution in [1.29, 1.82) is 0 Å². The largest absolute Gasteiger partial charge is 0.308 e. The van der Waals surface area contributed by atoms with E-state index < -0.39 is 0 Å². The first-order valence-electron chi connectivity index (χ1n) is 8.19. The van der Waals surface area contributed by atoms with E-state index in [0.29, 0.717) is 11.5 Å². The van der Waals surface area contributed by atoms with Gasteiger partial charge in [0, 0.05) is 18.0 Å². The van der Waals surface area contributed by atoms with E-state index in [2.05, 4.69) is 29.4 Å². The van der Waals surface area contributed by atoms with Crippen molar-refractivity contribution in [3.8, 4) is 0 Å². The van der Waals surface area contributed by atoms with Gasteiger partial charge in [0.1, 0.15) is 10.0 Å². The van der Waals surface area contributed by atoms with Crippen molar-refractivity contribution in [3.63, 3.8) is 0 Å². The normalized spacial score (nSPS) is 38.9. The first kappa shape index (κ1) is 13.2. The van der Waals surface area contributed by atoms with Gasteiger partial charge in [-0.2, -0.15) is 0 Å². The molecule has 4 heteroatoms. The molecule has 0 aromatic carbocycles. The van der Waals surface area contributed by atoms with Crippen molar-refractivity contribution in [1.82, 2.24) is 15.5 Å². The molecule has 1 heterocycles. The lowest BCUT2D eigenvalue weighted by Crippen LogP contribution is -2.48. The highest BCUT2D eigenvalue weighted by atomic mass is 32.1. The van der Waals surface area contributed by atoms with E-state index in [-0.39, 0.29) is 0 Å². The topological polar surface area (TPSA) is 37.8 Å². The molecule has 4 aliphatic carbocycles. The summed E-state index contributed by atoms with van der Waals surface area (Å²) in [5, 5.41) is 15.1. The summed E-state index contributed by atoms with van der Waals surface area (Å²) < 4.78 is 0. The summed E-state index contributed by atoms with van der Waals surface area (Å²) in [5.41, 5.74) is 0.419. The molecule has 0 unspecified atom stereocenters. The Labute approximate surface area is 125 Å². The number of hydrogen-bond acceptors (Lipinski definition) is 4. The van der Waals surface area contributed by atoms with Gasteiger partial charge in [-0.25, -0.2) is 0 Å². The number of aromatic nitrogens is 2. The van der Waals surface area contributed by atoms with Gasteiger partial charge in [-0.1, -0.05) is 25.2 Å². The van der Waals surface area contributed by atoms with Gasteiger partial charge in [0.15, 0.2) is 0 Å². The van der Waals surface area contributed by atoms with E-state index in [4.69, 9.17) is 0 Å². The van der Waals surface area contributed by atoms with E-state index in [9.17, 15) is 0 Å². The summed E-state index contributed by atoms with van der Waals surface area (Å²) in [6, 6.07) is 0.516. The van der Waals surface area contributed by atoms with Gasteiger partial charge in [-0.05, 0) is 56.3 Å². The summed E-state index contributed by atoms with van der Waals surface area (Å²) in [6.45, 7) is 5.24. The van der Waals surface area contributed by atoms with Gasteiger partial charge < -0.3 is 5.32 Å². The number of rotatable bonds is 4. The molecule has 3 nitrogen and oxygen atoms in total. The van der Waals surface area contributed by atoms with Crippen LogP contribution in [0, 0.1) is 17.8 Å². The summed E-state index contributed by atoms with van der Waals surface area (Å²) in [4.78, 5) is 0. The molecule has 4 saturated carbocycles. The third kappa shape index (κ3) is 2.21. The SMILES string of the molecule is CC(C)NCc1nnc(C23CC4CC(CC(C4)C2)C3)s1. The third-order valence-corrected chi connectivity index (χ3v) is 6.79. The molecule has 0 saturated heterocycles. The van der Waals surface area contributed by atoms with Gasteiger partial charge in [-0.3, -0.25) is 0 Å². The standard InChI is InChI=1S/C16H25N3S/c1-10(2)17-9-14-18-19-15(20-14)16-6-11-3-12(7-16)5-13(4-11)8-16/h10-13,17H,3-9H2,1-2H3. The average molecular weight is 291 g/mol. The molecule has 1 aromatic rings. The monoisotopic (exact) mass is 291 g/mol. The van der Waals surface area contributed by atoms with E-state index in [1.807, 2.05) is 11.3 Å². The van der Waals surface area contributed by atoms with E-state index >= 15 is 0 Å². The fraction of sp³-hybridized carbons (Fsp3) is 0.875. The summed E-state index contributed by atoms with van der Waals surface area (Å²) in [5.74, 6) is 2.96. The summed E-state index contributed by atoms with van der Waals surface area (Å²) >= 11 is 1.88. The highest BCUT2D eigenvalue weighted by Crippen LogP contribution is 2.60. The number of hydrogen-bond donors (Lipinski definition) is 1. The molecule has 0 radical (unpaired) electrons. The molecule has 4 bridgehead atoms. The van der Waals surface area contributed by atoms with Crippen molar-refractivity contribution < 1.29 is 0 Å². The molecule has 110 valence electrons. The Morgan fingerprint density at radius 3 is 2.25 bits per heavy atom. The summed E-state index contributed by atoms with van der Waals surface area (Å²) in [7, 11) is 0. The number of nitrogens with zero attached hydrogens (tertiary/aromatic N) is 2. The van der Waals surface area contributed by atoms with Gasteiger partial charge in [0.05, 0.1) is 0 Å². The van der Waals surface area contributed by atoms with Gasteiger partial charge in [0.2, 0.25) is 0 Å². The Kier molecular flexibility index (Phi) is 3.15. The highest BCUT2D eigenvalue weighted by Gasteiger charge is 2.53. The summed E-state index contributed by atoms with van der Waals surface area (Å²) in [6.07, 6.45) is 8.68. The maximum absolute atomic E-state index is 4.61. The van der Waals surface area contributed by atoms with Crippen molar-refractivity contribution in [2.75, 3.05) is 0 Å². The Morgan fingerprint density at radius 2 is 1.70 bits per heavy atom. The van der Waals surface area contributed by atoms with Crippen LogP contribution in [0.15, 0.2) is 0 Å². The lowest BCUT2D eigenvalue weighted by molar-refractivity contribution is -0.00555. The van der Waals surface area contributed by atoms with Crippen LogP contribution in [0.3, 0.4) is 0 Å². The molecule has 4 aliphatic rings. The second-order valence-electron chi connectivity index (χ2n) is 7.73. The molecule has 4 fully saturated rings. The van der Waals surface area contributed by atoms with Crippen LogP contribution in [0.2, 0.25) is 0 Å². The van der Waals surface area contributed by atoms with Crippen molar-refractivity contribution >= 4 is 11.3 Å². The predicted octanol–water partition coefficient (Wildman–Crippen LogP) is 3.50.